The van der Waals surface area contributed by atoms with E-state index in [2.05, 4.69) is 54.7 Å². The largest absolute Gasteiger partial charge is 0.399 e. The minimum absolute atomic E-state index is 0.761. The summed E-state index contributed by atoms with van der Waals surface area (Å²) < 4.78 is 0. The standard InChI is InChI=1S/C30H27N3/c31-28-13-7-22(8-14-28)1-4-25-19-26(5-2-23-9-15-29(32)16-10-23)21-27(20-25)6-3-24-11-17-30(33)18-12-24/h1-21H,31-33H2. The summed E-state index contributed by atoms with van der Waals surface area (Å²) in [6.45, 7) is 0. The molecule has 0 bridgehead atoms. The van der Waals surface area contributed by atoms with E-state index in [1.807, 2.05) is 72.8 Å². The summed E-state index contributed by atoms with van der Waals surface area (Å²) in [7, 11) is 0. The number of hydrogen-bond acceptors (Lipinski definition) is 3. The number of hydrogen-bond donors (Lipinski definition) is 3. The molecule has 3 heteroatoms. The zero-order valence-electron chi connectivity index (χ0n) is 18.4. The van der Waals surface area contributed by atoms with Crippen molar-refractivity contribution >= 4 is 53.5 Å². The van der Waals surface area contributed by atoms with Gasteiger partial charge in [0.2, 0.25) is 0 Å². The SMILES string of the molecule is Nc1ccc(C=Cc2cc(C=Cc3ccc(N)cc3)cc(C=Cc3ccc(N)cc3)c2)cc1. The Morgan fingerprint density at radius 2 is 0.515 bits per heavy atom. The van der Waals surface area contributed by atoms with Crippen molar-refractivity contribution < 1.29 is 0 Å². The summed E-state index contributed by atoms with van der Waals surface area (Å²) >= 11 is 0. The Labute approximate surface area is 195 Å². The van der Waals surface area contributed by atoms with Crippen molar-refractivity contribution in [3.8, 4) is 0 Å². The molecule has 4 aromatic rings. The van der Waals surface area contributed by atoms with Crippen LogP contribution in [0, 0.1) is 0 Å². The summed E-state index contributed by atoms with van der Waals surface area (Å²) in [6.07, 6.45) is 12.6. The molecule has 3 nitrogen and oxygen atoms in total. The van der Waals surface area contributed by atoms with E-state index < -0.39 is 0 Å². The van der Waals surface area contributed by atoms with E-state index in [1.54, 1.807) is 0 Å². The second-order valence-electron chi connectivity index (χ2n) is 7.93. The first-order valence-corrected chi connectivity index (χ1v) is 10.8. The fourth-order valence-corrected chi connectivity index (χ4v) is 3.39. The number of benzene rings is 4. The van der Waals surface area contributed by atoms with Crippen molar-refractivity contribution in [1.29, 1.82) is 0 Å². The Morgan fingerprint density at radius 3 is 0.758 bits per heavy atom. The van der Waals surface area contributed by atoms with Crippen LogP contribution in [-0.4, -0.2) is 0 Å². The van der Waals surface area contributed by atoms with Gasteiger partial charge in [-0.2, -0.15) is 0 Å². The zero-order chi connectivity index (χ0) is 23.0. The van der Waals surface area contributed by atoms with E-state index in [9.17, 15) is 0 Å². The number of anilines is 3. The summed E-state index contributed by atoms with van der Waals surface area (Å²) in [5.41, 5.74) is 26.3. The zero-order valence-corrected chi connectivity index (χ0v) is 18.4. The van der Waals surface area contributed by atoms with Gasteiger partial charge in [0, 0.05) is 17.1 Å². The van der Waals surface area contributed by atoms with Gasteiger partial charge in [-0.05, 0) is 88.0 Å². The van der Waals surface area contributed by atoms with Gasteiger partial charge in [-0.15, -0.1) is 0 Å². The maximum Gasteiger partial charge on any atom is 0.0314 e. The van der Waals surface area contributed by atoms with E-state index >= 15 is 0 Å². The summed E-state index contributed by atoms with van der Waals surface area (Å²) in [6, 6.07) is 30.0. The Bertz CT molecular complexity index is 1120. The van der Waals surface area contributed by atoms with E-state index in [1.165, 1.54) is 0 Å². The van der Waals surface area contributed by atoms with Gasteiger partial charge in [-0.3, -0.25) is 0 Å². The Morgan fingerprint density at radius 1 is 0.303 bits per heavy atom. The van der Waals surface area contributed by atoms with Gasteiger partial charge in [0.25, 0.3) is 0 Å². The Balaban J connectivity index is 1.64. The van der Waals surface area contributed by atoms with Crippen LogP contribution in [0.2, 0.25) is 0 Å². The third-order valence-electron chi connectivity index (χ3n) is 5.21. The van der Waals surface area contributed by atoms with Gasteiger partial charge in [0.05, 0.1) is 0 Å². The van der Waals surface area contributed by atoms with Crippen molar-refractivity contribution in [2.45, 2.75) is 0 Å². The molecular formula is C30H27N3. The quantitative estimate of drug-likeness (QED) is 0.229. The van der Waals surface area contributed by atoms with Crippen LogP contribution in [0.25, 0.3) is 36.5 Å². The molecule has 6 N–H and O–H groups in total. The van der Waals surface area contributed by atoms with Crippen LogP contribution in [0.4, 0.5) is 17.1 Å². The van der Waals surface area contributed by atoms with Crippen molar-refractivity contribution in [3.63, 3.8) is 0 Å². The monoisotopic (exact) mass is 429 g/mol. The fraction of sp³-hybridized carbons (Fsp3) is 0. The van der Waals surface area contributed by atoms with Crippen LogP contribution >= 0.6 is 0 Å². The van der Waals surface area contributed by atoms with Gasteiger partial charge in [-0.1, -0.05) is 72.9 Å². The van der Waals surface area contributed by atoms with Crippen molar-refractivity contribution in [3.05, 3.63) is 124 Å². The average Bonchev–Trinajstić information content (AvgIpc) is 2.83. The van der Waals surface area contributed by atoms with Gasteiger partial charge in [0.15, 0.2) is 0 Å². The lowest BCUT2D eigenvalue weighted by Gasteiger charge is -2.03. The number of nitrogens with two attached hydrogens (primary N) is 3. The topological polar surface area (TPSA) is 78.1 Å². The highest BCUT2D eigenvalue weighted by molar-refractivity contribution is 5.79. The van der Waals surface area contributed by atoms with E-state index in [0.29, 0.717) is 0 Å². The first-order chi connectivity index (χ1) is 16.0. The minimum Gasteiger partial charge on any atom is -0.399 e. The van der Waals surface area contributed by atoms with Crippen molar-refractivity contribution in [1.82, 2.24) is 0 Å². The molecular weight excluding hydrogens is 402 g/mol. The lowest BCUT2D eigenvalue weighted by Crippen LogP contribution is -1.84. The molecule has 0 radical (unpaired) electrons. The molecule has 33 heavy (non-hydrogen) atoms. The molecule has 0 saturated carbocycles. The lowest BCUT2D eigenvalue weighted by atomic mass is 10.0. The fourth-order valence-electron chi connectivity index (χ4n) is 3.39. The third kappa shape index (κ3) is 6.49. The number of rotatable bonds is 6. The smallest absolute Gasteiger partial charge is 0.0314 e. The third-order valence-corrected chi connectivity index (χ3v) is 5.21. The molecule has 4 aromatic carbocycles. The van der Waals surface area contributed by atoms with Gasteiger partial charge < -0.3 is 17.2 Å². The summed E-state index contributed by atoms with van der Waals surface area (Å²) in [4.78, 5) is 0. The highest BCUT2D eigenvalue weighted by Gasteiger charge is 1.98. The second kappa shape index (κ2) is 10.2. The molecule has 0 amide bonds. The first-order valence-electron chi connectivity index (χ1n) is 10.8. The molecule has 0 atom stereocenters. The second-order valence-corrected chi connectivity index (χ2v) is 7.93. The average molecular weight is 430 g/mol. The van der Waals surface area contributed by atoms with Crippen molar-refractivity contribution in [2.75, 3.05) is 17.2 Å². The normalized spacial score (nSPS) is 11.6. The first kappa shape index (κ1) is 21.7. The number of nitrogen functional groups attached to an aromatic ring is 3. The van der Waals surface area contributed by atoms with Crippen LogP contribution < -0.4 is 17.2 Å². The molecule has 0 spiro atoms. The van der Waals surface area contributed by atoms with E-state index in [4.69, 9.17) is 17.2 Å². The molecule has 0 unspecified atom stereocenters. The summed E-state index contributed by atoms with van der Waals surface area (Å²) in [5, 5.41) is 0. The minimum atomic E-state index is 0.761. The van der Waals surface area contributed by atoms with Crippen LogP contribution in [-0.2, 0) is 0 Å². The molecule has 162 valence electrons. The molecule has 0 aromatic heterocycles. The van der Waals surface area contributed by atoms with Gasteiger partial charge >= 0.3 is 0 Å². The van der Waals surface area contributed by atoms with Crippen LogP contribution in [0.5, 0.6) is 0 Å². The van der Waals surface area contributed by atoms with Crippen molar-refractivity contribution in [2.24, 2.45) is 0 Å². The van der Waals surface area contributed by atoms with Gasteiger partial charge in [0.1, 0.15) is 0 Å². The summed E-state index contributed by atoms with van der Waals surface area (Å²) in [5.74, 6) is 0. The lowest BCUT2D eigenvalue weighted by molar-refractivity contribution is 1.58. The van der Waals surface area contributed by atoms with Crippen LogP contribution in [0.1, 0.15) is 33.4 Å². The molecule has 0 aliphatic carbocycles. The Hall–Kier alpha value is -4.50. The molecule has 0 aliphatic rings. The molecule has 0 saturated heterocycles. The predicted octanol–water partition coefficient (Wildman–Crippen LogP) is 6.94. The molecule has 0 heterocycles. The van der Waals surface area contributed by atoms with Crippen LogP contribution in [0.15, 0.2) is 91.0 Å². The highest BCUT2D eigenvalue weighted by atomic mass is 14.5. The highest BCUT2D eigenvalue weighted by Crippen LogP contribution is 2.19. The van der Waals surface area contributed by atoms with E-state index in [0.717, 1.165) is 50.4 Å². The van der Waals surface area contributed by atoms with E-state index in [-0.39, 0.29) is 0 Å². The maximum atomic E-state index is 5.80. The Kier molecular flexibility index (Phi) is 6.72. The van der Waals surface area contributed by atoms with Gasteiger partial charge in [-0.25, -0.2) is 0 Å². The molecule has 0 fully saturated rings. The molecule has 4 rings (SSSR count). The maximum absolute atomic E-state index is 5.80. The molecule has 0 aliphatic heterocycles. The van der Waals surface area contributed by atoms with Crippen LogP contribution in [0.3, 0.4) is 0 Å². The predicted molar refractivity (Wildman–Crippen MR) is 146 cm³/mol.